The number of hydrogen-bond donors (Lipinski definition) is 3. The van der Waals surface area contributed by atoms with Crippen LogP contribution in [0.1, 0.15) is 21.8 Å². The zero-order valence-corrected chi connectivity index (χ0v) is 16.6. The summed E-state index contributed by atoms with van der Waals surface area (Å²) >= 11 is 0. The molecule has 0 aliphatic rings. The number of amides is 1. The molecule has 0 saturated carbocycles. The summed E-state index contributed by atoms with van der Waals surface area (Å²) in [7, 11) is -7.18. The first kappa shape index (κ1) is 20.9. The van der Waals surface area contributed by atoms with Gasteiger partial charge in [0.2, 0.25) is 20.0 Å². The summed E-state index contributed by atoms with van der Waals surface area (Å²) in [6.45, 7) is 3.06. The number of anilines is 1. The Balaban J connectivity index is 1.87. The summed E-state index contributed by atoms with van der Waals surface area (Å²) in [6.07, 6.45) is 1.03. The summed E-state index contributed by atoms with van der Waals surface area (Å²) in [4.78, 5) is 12.0. The number of carbonyl (C=O) groups is 1. The lowest BCUT2D eigenvalue weighted by Crippen LogP contribution is -2.35. The number of sulfonamides is 2. The normalized spacial score (nSPS) is 12.0. The number of aromatic nitrogens is 1. The zero-order chi connectivity index (χ0) is 20.2. The van der Waals surface area contributed by atoms with Gasteiger partial charge >= 0.3 is 0 Å². The van der Waals surface area contributed by atoms with E-state index in [0.717, 1.165) is 6.26 Å². The Kier molecular flexibility index (Phi) is 6.23. The lowest BCUT2D eigenvalue weighted by molar-refractivity contribution is 0.0954. The van der Waals surface area contributed by atoms with Crippen molar-refractivity contribution in [1.82, 2.24) is 15.2 Å². The van der Waals surface area contributed by atoms with Gasteiger partial charge in [-0.05, 0) is 38.1 Å². The van der Waals surface area contributed by atoms with Crippen LogP contribution in [-0.2, 0) is 20.0 Å². The highest BCUT2D eigenvalue weighted by Crippen LogP contribution is 2.18. The molecule has 0 radical (unpaired) electrons. The number of hydrogen-bond acceptors (Lipinski definition) is 7. The number of benzene rings is 1. The van der Waals surface area contributed by atoms with Crippen molar-refractivity contribution in [3.05, 3.63) is 41.3 Å². The van der Waals surface area contributed by atoms with Gasteiger partial charge in [0.1, 0.15) is 10.6 Å². The summed E-state index contributed by atoms with van der Waals surface area (Å²) in [6, 6.07) is 5.82. The molecule has 2 rings (SSSR count). The molecule has 0 atom stereocenters. The van der Waals surface area contributed by atoms with Crippen LogP contribution in [0.2, 0.25) is 0 Å². The fourth-order valence-electron chi connectivity index (χ4n) is 2.30. The Morgan fingerprint density at radius 3 is 2.22 bits per heavy atom. The Morgan fingerprint density at radius 1 is 1.07 bits per heavy atom. The molecule has 3 N–H and O–H groups in total. The topological polar surface area (TPSA) is 147 Å². The number of rotatable bonds is 8. The molecule has 0 aliphatic heterocycles. The summed E-state index contributed by atoms with van der Waals surface area (Å²) in [5, 5.41) is 6.17. The lowest BCUT2D eigenvalue weighted by atomic mass is 10.2. The smallest absolute Gasteiger partial charge is 0.251 e. The minimum absolute atomic E-state index is 0.0113. The average molecular weight is 416 g/mol. The third-order valence-corrected chi connectivity index (χ3v) is 5.70. The standard InChI is InChI=1S/C15H20N4O6S2/c1-10-14(11(2)25-18-10)27(23,24)17-9-8-16-15(20)12-4-6-13(7-5-12)19-26(3,21)22/h4-7,17,19H,8-9H2,1-3H3,(H,16,20). The Bertz CT molecular complexity index is 1010. The van der Waals surface area contributed by atoms with Crippen LogP contribution in [0.3, 0.4) is 0 Å². The number of nitrogens with zero attached hydrogens (tertiary/aromatic N) is 1. The Hall–Kier alpha value is -2.44. The van der Waals surface area contributed by atoms with Gasteiger partial charge < -0.3 is 9.84 Å². The van der Waals surface area contributed by atoms with Crippen LogP contribution in [0.5, 0.6) is 0 Å². The first-order chi connectivity index (χ1) is 12.5. The van der Waals surface area contributed by atoms with Crippen LogP contribution < -0.4 is 14.8 Å². The van der Waals surface area contributed by atoms with E-state index in [-0.39, 0.29) is 29.4 Å². The monoisotopic (exact) mass is 416 g/mol. The molecule has 0 spiro atoms. The van der Waals surface area contributed by atoms with E-state index in [1.165, 1.54) is 38.1 Å². The molecule has 148 valence electrons. The van der Waals surface area contributed by atoms with Crippen molar-refractivity contribution in [1.29, 1.82) is 0 Å². The van der Waals surface area contributed by atoms with E-state index in [1.54, 1.807) is 0 Å². The highest BCUT2D eigenvalue weighted by atomic mass is 32.2. The molecule has 2 aromatic rings. The van der Waals surface area contributed by atoms with Crippen molar-refractivity contribution in [3.8, 4) is 0 Å². The van der Waals surface area contributed by atoms with Crippen molar-refractivity contribution < 1.29 is 26.2 Å². The van der Waals surface area contributed by atoms with Crippen LogP contribution >= 0.6 is 0 Å². The minimum Gasteiger partial charge on any atom is -0.360 e. The zero-order valence-electron chi connectivity index (χ0n) is 14.9. The van der Waals surface area contributed by atoms with E-state index in [2.05, 4.69) is 19.9 Å². The maximum absolute atomic E-state index is 12.2. The van der Waals surface area contributed by atoms with E-state index < -0.39 is 26.0 Å². The van der Waals surface area contributed by atoms with Crippen molar-refractivity contribution in [2.24, 2.45) is 0 Å². The molecule has 12 heteroatoms. The molecule has 0 fully saturated rings. The van der Waals surface area contributed by atoms with Crippen LogP contribution in [0.15, 0.2) is 33.7 Å². The van der Waals surface area contributed by atoms with E-state index in [4.69, 9.17) is 4.52 Å². The fraction of sp³-hybridized carbons (Fsp3) is 0.333. The number of carbonyl (C=O) groups excluding carboxylic acids is 1. The summed E-state index contributed by atoms with van der Waals surface area (Å²) in [5.74, 6) is -0.232. The van der Waals surface area contributed by atoms with Crippen LogP contribution in [-0.4, -0.2) is 47.2 Å². The van der Waals surface area contributed by atoms with Crippen LogP contribution in [0.4, 0.5) is 5.69 Å². The van der Waals surface area contributed by atoms with Gasteiger partial charge in [-0.3, -0.25) is 9.52 Å². The second-order valence-electron chi connectivity index (χ2n) is 5.76. The molecular weight excluding hydrogens is 396 g/mol. The third-order valence-electron chi connectivity index (χ3n) is 3.39. The van der Waals surface area contributed by atoms with E-state index in [0.29, 0.717) is 11.3 Å². The molecule has 0 bridgehead atoms. The van der Waals surface area contributed by atoms with Crippen molar-refractivity contribution in [2.45, 2.75) is 18.7 Å². The molecule has 1 heterocycles. The Labute approximate surface area is 157 Å². The first-order valence-electron chi connectivity index (χ1n) is 7.78. The van der Waals surface area contributed by atoms with Gasteiger partial charge in [0.15, 0.2) is 5.76 Å². The van der Waals surface area contributed by atoms with Crippen LogP contribution in [0, 0.1) is 13.8 Å². The van der Waals surface area contributed by atoms with Crippen molar-refractivity contribution >= 4 is 31.6 Å². The fourth-order valence-corrected chi connectivity index (χ4v) is 4.22. The van der Waals surface area contributed by atoms with E-state index >= 15 is 0 Å². The molecule has 0 saturated heterocycles. The van der Waals surface area contributed by atoms with Gasteiger partial charge in [-0.15, -0.1) is 0 Å². The average Bonchev–Trinajstić information content (AvgIpc) is 2.90. The maximum Gasteiger partial charge on any atom is 0.251 e. The molecule has 0 aliphatic carbocycles. The Morgan fingerprint density at radius 2 is 1.70 bits per heavy atom. The molecule has 1 aromatic heterocycles. The maximum atomic E-state index is 12.2. The van der Waals surface area contributed by atoms with Gasteiger partial charge in [0.05, 0.1) is 6.26 Å². The SMILES string of the molecule is Cc1noc(C)c1S(=O)(=O)NCCNC(=O)c1ccc(NS(C)(=O)=O)cc1. The highest BCUT2D eigenvalue weighted by Gasteiger charge is 2.23. The quantitative estimate of drug-likeness (QED) is 0.527. The predicted molar refractivity (Wildman–Crippen MR) is 98.4 cm³/mol. The van der Waals surface area contributed by atoms with E-state index in [1.807, 2.05) is 0 Å². The molecule has 10 nitrogen and oxygen atoms in total. The molecule has 1 aromatic carbocycles. The minimum atomic E-state index is -3.79. The molecule has 27 heavy (non-hydrogen) atoms. The number of aryl methyl sites for hydroxylation is 2. The van der Waals surface area contributed by atoms with Gasteiger partial charge in [-0.25, -0.2) is 21.6 Å². The van der Waals surface area contributed by atoms with Crippen LogP contribution in [0.25, 0.3) is 0 Å². The molecule has 1 amide bonds. The first-order valence-corrected chi connectivity index (χ1v) is 11.2. The van der Waals surface area contributed by atoms with Gasteiger partial charge in [-0.2, -0.15) is 0 Å². The van der Waals surface area contributed by atoms with Crippen molar-refractivity contribution in [2.75, 3.05) is 24.1 Å². The van der Waals surface area contributed by atoms with E-state index in [9.17, 15) is 21.6 Å². The lowest BCUT2D eigenvalue weighted by Gasteiger charge is -2.08. The number of nitrogens with one attached hydrogen (secondary N) is 3. The van der Waals surface area contributed by atoms with Gasteiger partial charge in [0.25, 0.3) is 5.91 Å². The van der Waals surface area contributed by atoms with Crippen molar-refractivity contribution in [3.63, 3.8) is 0 Å². The molecule has 0 unspecified atom stereocenters. The second-order valence-corrected chi connectivity index (χ2v) is 9.21. The summed E-state index contributed by atoms with van der Waals surface area (Å²) in [5.41, 5.74) is 0.899. The largest absolute Gasteiger partial charge is 0.360 e. The summed E-state index contributed by atoms with van der Waals surface area (Å²) < 4.78 is 56.2. The van der Waals surface area contributed by atoms with Gasteiger partial charge in [0, 0.05) is 24.3 Å². The highest BCUT2D eigenvalue weighted by molar-refractivity contribution is 7.92. The molecular formula is C15H20N4O6S2. The second kappa shape index (κ2) is 8.06. The van der Waals surface area contributed by atoms with Gasteiger partial charge in [-0.1, -0.05) is 5.16 Å². The predicted octanol–water partition coefficient (Wildman–Crippen LogP) is 0.371. The third kappa shape index (κ3) is 5.77.